The average Bonchev–Trinajstić information content (AvgIpc) is 2.56. The topological polar surface area (TPSA) is 38.9 Å². The molecule has 72 valence electrons. The Kier molecular flexibility index (Phi) is 2.63. The van der Waals surface area contributed by atoms with E-state index in [-0.39, 0.29) is 0 Å². The Labute approximate surface area is 90.3 Å². The van der Waals surface area contributed by atoms with Crippen molar-refractivity contribution in [3.05, 3.63) is 46.1 Å². The molecule has 0 bridgehead atoms. The largest absolute Gasteiger partial charge is 0.415 e. The summed E-state index contributed by atoms with van der Waals surface area (Å²) < 4.78 is 5.21. The molecule has 2 aromatic rings. The van der Waals surface area contributed by atoms with Crippen molar-refractivity contribution in [2.24, 2.45) is 0 Å². The highest BCUT2D eigenvalue weighted by Gasteiger charge is 2.03. The Hall–Kier alpha value is -1.16. The molecule has 0 aliphatic heterocycles. The van der Waals surface area contributed by atoms with E-state index in [9.17, 15) is 0 Å². The van der Waals surface area contributed by atoms with Gasteiger partial charge in [-0.3, -0.25) is 0 Å². The molecule has 0 fully saturated rings. The first-order valence-electron chi connectivity index (χ1n) is 4.27. The second kappa shape index (κ2) is 3.92. The van der Waals surface area contributed by atoms with E-state index in [1.165, 1.54) is 11.1 Å². The molecule has 0 saturated heterocycles. The molecule has 0 atom stereocenters. The zero-order chi connectivity index (χ0) is 9.97. The Morgan fingerprint density at radius 3 is 2.50 bits per heavy atom. The fraction of sp³-hybridized carbons (Fsp3) is 0.200. The SMILES string of the molecule is Cc1ccc(Cc2nnc(Br)o2)cc1. The number of nitrogens with zero attached hydrogens (tertiary/aromatic N) is 2. The van der Waals surface area contributed by atoms with Gasteiger partial charge in [0.25, 0.3) is 4.80 Å². The van der Waals surface area contributed by atoms with Gasteiger partial charge < -0.3 is 4.42 Å². The van der Waals surface area contributed by atoms with E-state index in [0.29, 0.717) is 17.1 Å². The van der Waals surface area contributed by atoms with Crippen molar-refractivity contribution in [3.63, 3.8) is 0 Å². The van der Waals surface area contributed by atoms with Crippen molar-refractivity contribution in [1.29, 1.82) is 0 Å². The van der Waals surface area contributed by atoms with E-state index in [0.717, 1.165) is 0 Å². The van der Waals surface area contributed by atoms with Crippen LogP contribution < -0.4 is 0 Å². The smallest absolute Gasteiger partial charge is 0.284 e. The fourth-order valence-corrected chi connectivity index (χ4v) is 1.45. The highest BCUT2D eigenvalue weighted by atomic mass is 79.9. The predicted molar refractivity (Wildman–Crippen MR) is 56.0 cm³/mol. The summed E-state index contributed by atoms with van der Waals surface area (Å²) in [7, 11) is 0. The lowest BCUT2D eigenvalue weighted by Gasteiger charge is -1.96. The summed E-state index contributed by atoms with van der Waals surface area (Å²) in [4.78, 5) is 0.430. The number of benzene rings is 1. The Morgan fingerprint density at radius 2 is 1.93 bits per heavy atom. The molecule has 0 saturated carbocycles. The van der Waals surface area contributed by atoms with E-state index in [1.54, 1.807) is 0 Å². The molecule has 0 N–H and O–H groups in total. The molecule has 3 nitrogen and oxygen atoms in total. The minimum Gasteiger partial charge on any atom is -0.415 e. The van der Waals surface area contributed by atoms with Gasteiger partial charge >= 0.3 is 0 Å². The zero-order valence-electron chi connectivity index (χ0n) is 7.70. The summed E-state index contributed by atoms with van der Waals surface area (Å²) in [5.74, 6) is 0.626. The summed E-state index contributed by atoms with van der Waals surface area (Å²) in [5, 5.41) is 7.60. The maximum absolute atomic E-state index is 5.21. The molecular weight excluding hydrogens is 244 g/mol. The Morgan fingerprint density at radius 1 is 1.21 bits per heavy atom. The first-order chi connectivity index (χ1) is 6.74. The van der Waals surface area contributed by atoms with Gasteiger partial charge in [0.1, 0.15) is 0 Å². The van der Waals surface area contributed by atoms with Crippen LogP contribution in [0.4, 0.5) is 0 Å². The van der Waals surface area contributed by atoms with Crippen LogP contribution in [0.3, 0.4) is 0 Å². The van der Waals surface area contributed by atoms with Gasteiger partial charge in [-0.2, -0.15) is 0 Å². The van der Waals surface area contributed by atoms with Gasteiger partial charge in [0.05, 0.1) is 6.42 Å². The van der Waals surface area contributed by atoms with Gasteiger partial charge in [-0.05, 0) is 12.5 Å². The summed E-state index contributed by atoms with van der Waals surface area (Å²) in [6.45, 7) is 2.06. The molecule has 4 heteroatoms. The van der Waals surface area contributed by atoms with Crippen molar-refractivity contribution in [1.82, 2.24) is 10.2 Å². The third-order valence-electron chi connectivity index (χ3n) is 1.92. The van der Waals surface area contributed by atoms with E-state index >= 15 is 0 Å². The number of hydrogen-bond acceptors (Lipinski definition) is 3. The summed E-state index contributed by atoms with van der Waals surface area (Å²) in [6, 6.07) is 8.27. The van der Waals surface area contributed by atoms with Gasteiger partial charge in [-0.25, -0.2) is 0 Å². The molecule has 1 aromatic heterocycles. The molecule has 0 aliphatic carbocycles. The molecule has 0 amide bonds. The maximum Gasteiger partial charge on any atom is 0.284 e. The van der Waals surface area contributed by atoms with Gasteiger partial charge in [-0.15, -0.1) is 10.2 Å². The fourth-order valence-electron chi connectivity index (χ4n) is 1.19. The van der Waals surface area contributed by atoms with Crippen molar-refractivity contribution in [2.75, 3.05) is 0 Å². The second-order valence-electron chi connectivity index (χ2n) is 3.11. The van der Waals surface area contributed by atoms with E-state index in [4.69, 9.17) is 4.42 Å². The summed E-state index contributed by atoms with van der Waals surface area (Å²) in [5.41, 5.74) is 2.42. The molecule has 14 heavy (non-hydrogen) atoms. The molecule has 1 heterocycles. The number of hydrogen-bond donors (Lipinski definition) is 0. The van der Waals surface area contributed by atoms with Crippen LogP contribution in [-0.4, -0.2) is 10.2 Å². The van der Waals surface area contributed by atoms with Crippen molar-refractivity contribution < 1.29 is 4.42 Å². The number of aryl methyl sites for hydroxylation is 1. The van der Waals surface area contributed by atoms with Gasteiger partial charge in [0, 0.05) is 15.9 Å². The second-order valence-corrected chi connectivity index (χ2v) is 3.79. The van der Waals surface area contributed by atoms with Crippen LogP contribution in [0.5, 0.6) is 0 Å². The number of aromatic nitrogens is 2. The molecule has 2 rings (SSSR count). The third-order valence-corrected chi connectivity index (χ3v) is 2.24. The quantitative estimate of drug-likeness (QED) is 0.825. The normalized spacial score (nSPS) is 10.4. The molecule has 1 aromatic carbocycles. The highest BCUT2D eigenvalue weighted by Crippen LogP contribution is 2.12. The van der Waals surface area contributed by atoms with Gasteiger partial charge in [0.15, 0.2) is 0 Å². The standard InChI is InChI=1S/C10H9BrN2O/c1-7-2-4-8(5-3-7)6-9-12-13-10(11)14-9/h2-5H,6H2,1H3. The van der Waals surface area contributed by atoms with Crippen molar-refractivity contribution in [2.45, 2.75) is 13.3 Å². The minimum atomic E-state index is 0.430. The molecular formula is C10H9BrN2O. The molecule has 0 unspecified atom stereocenters. The first-order valence-corrected chi connectivity index (χ1v) is 5.07. The van der Waals surface area contributed by atoms with E-state index < -0.39 is 0 Å². The van der Waals surface area contributed by atoms with Crippen LogP contribution in [0.15, 0.2) is 33.5 Å². The van der Waals surface area contributed by atoms with Crippen LogP contribution in [0, 0.1) is 6.92 Å². The number of rotatable bonds is 2. The van der Waals surface area contributed by atoms with E-state index in [1.807, 2.05) is 0 Å². The lowest BCUT2D eigenvalue weighted by Crippen LogP contribution is -1.88. The van der Waals surface area contributed by atoms with Crippen LogP contribution in [-0.2, 0) is 6.42 Å². The predicted octanol–water partition coefficient (Wildman–Crippen LogP) is 2.73. The maximum atomic E-state index is 5.21. The lowest BCUT2D eigenvalue weighted by molar-refractivity contribution is 0.482. The average molecular weight is 253 g/mol. The van der Waals surface area contributed by atoms with Gasteiger partial charge in [-0.1, -0.05) is 29.8 Å². The number of halogens is 1. The summed E-state index contributed by atoms with van der Waals surface area (Å²) >= 11 is 3.12. The van der Waals surface area contributed by atoms with Crippen LogP contribution in [0.2, 0.25) is 0 Å². The highest BCUT2D eigenvalue weighted by molar-refractivity contribution is 9.10. The van der Waals surface area contributed by atoms with E-state index in [2.05, 4.69) is 57.3 Å². The molecule has 0 spiro atoms. The van der Waals surface area contributed by atoms with Crippen molar-refractivity contribution in [3.8, 4) is 0 Å². The molecule has 0 radical (unpaired) electrons. The third kappa shape index (κ3) is 2.20. The Bertz CT molecular complexity index is 422. The van der Waals surface area contributed by atoms with Gasteiger partial charge in [0.2, 0.25) is 5.89 Å². The lowest BCUT2D eigenvalue weighted by atomic mass is 10.1. The monoisotopic (exact) mass is 252 g/mol. The Balaban J connectivity index is 2.15. The van der Waals surface area contributed by atoms with Crippen LogP contribution in [0.25, 0.3) is 0 Å². The molecule has 0 aliphatic rings. The summed E-state index contributed by atoms with van der Waals surface area (Å²) in [6.07, 6.45) is 0.679. The van der Waals surface area contributed by atoms with Crippen LogP contribution >= 0.6 is 15.9 Å². The first kappa shape index (κ1) is 9.40. The zero-order valence-corrected chi connectivity index (χ0v) is 9.28. The van der Waals surface area contributed by atoms with Crippen LogP contribution in [0.1, 0.15) is 17.0 Å². The van der Waals surface area contributed by atoms with Crippen molar-refractivity contribution >= 4 is 15.9 Å². The minimum absolute atomic E-state index is 0.430.